The Morgan fingerprint density at radius 2 is 1.59 bits per heavy atom. The number of aromatic nitrogens is 2. The highest BCUT2D eigenvalue weighted by Gasteiger charge is 2.19. The molecule has 1 aromatic heterocycles. The Morgan fingerprint density at radius 3 is 2.23 bits per heavy atom. The van der Waals surface area contributed by atoms with Crippen LogP contribution in [-0.2, 0) is 0 Å². The van der Waals surface area contributed by atoms with E-state index in [1.807, 2.05) is 12.1 Å². The molecule has 1 heterocycles. The SMILES string of the molecule is Cc1nn(-c2ccc(Cl)cc2Cl)c(-c2ccc(Cl)cc2)c1O. The smallest absolute Gasteiger partial charge is 0.165 e. The second kappa shape index (κ2) is 5.84. The molecule has 0 saturated heterocycles. The van der Waals surface area contributed by atoms with Crippen molar-refractivity contribution in [3.05, 3.63) is 63.2 Å². The molecule has 3 rings (SSSR count). The average molecular weight is 354 g/mol. The van der Waals surface area contributed by atoms with Gasteiger partial charge in [0.25, 0.3) is 0 Å². The number of hydrogen-bond donors (Lipinski definition) is 1. The number of hydrogen-bond acceptors (Lipinski definition) is 2. The first-order chi connectivity index (χ1) is 10.5. The summed E-state index contributed by atoms with van der Waals surface area (Å²) in [4.78, 5) is 0. The van der Waals surface area contributed by atoms with E-state index >= 15 is 0 Å². The first-order valence-electron chi connectivity index (χ1n) is 6.47. The first kappa shape index (κ1) is 15.2. The van der Waals surface area contributed by atoms with Crippen LogP contribution < -0.4 is 0 Å². The Hall–Kier alpha value is -1.68. The molecule has 0 aliphatic carbocycles. The third-order valence-electron chi connectivity index (χ3n) is 3.28. The molecule has 1 N–H and O–H groups in total. The maximum Gasteiger partial charge on any atom is 0.165 e. The van der Waals surface area contributed by atoms with Gasteiger partial charge in [-0.15, -0.1) is 0 Å². The predicted molar refractivity (Wildman–Crippen MR) is 90.4 cm³/mol. The quantitative estimate of drug-likeness (QED) is 0.659. The minimum absolute atomic E-state index is 0.105. The van der Waals surface area contributed by atoms with Crippen molar-refractivity contribution in [3.8, 4) is 22.7 Å². The Morgan fingerprint density at radius 1 is 0.955 bits per heavy atom. The first-order valence-corrected chi connectivity index (χ1v) is 7.60. The molecule has 0 amide bonds. The molecular formula is C16H11Cl3N2O. The summed E-state index contributed by atoms with van der Waals surface area (Å²) in [5.41, 5.74) is 2.49. The standard InChI is InChI=1S/C16H11Cl3N2O/c1-9-16(22)15(10-2-4-11(17)5-3-10)21(20-9)14-7-6-12(18)8-13(14)19/h2-8,22H,1H3. The minimum Gasteiger partial charge on any atom is -0.504 e. The number of rotatable bonds is 2. The maximum absolute atomic E-state index is 10.4. The molecule has 6 heteroatoms. The van der Waals surface area contributed by atoms with Crippen LogP contribution in [0.4, 0.5) is 0 Å². The number of aromatic hydroxyl groups is 1. The van der Waals surface area contributed by atoms with Crippen LogP contribution in [0.15, 0.2) is 42.5 Å². The highest BCUT2D eigenvalue weighted by molar-refractivity contribution is 6.35. The van der Waals surface area contributed by atoms with Crippen LogP contribution >= 0.6 is 34.8 Å². The molecule has 0 unspecified atom stereocenters. The van der Waals surface area contributed by atoms with Crippen molar-refractivity contribution in [1.82, 2.24) is 9.78 Å². The molecule has 112 valence electrons. The van der Waals surface area contributed by atoms with Gasteiger partial charge in [-0.05, 0) is 37.3 Å². The van der Waals surface area contributed by atoms with Crippen molar-refractivity contribution < 1.29 is 5.11 Å². The zero-order valence-electron chi connectivity index (χ0n) is 11.5. The number of halogens is 3. The molecule has 3 nitrogen and oxygen atoms in total. The lowest BCUT2D eigenvalue weighted by molar-refractivity contribution is 0.473. The predicted octanol–water partition coefficient (Wildman–Crippen LogP) is 5.51. The van der Waals surface area contributed by atoms with Crippen molar-refractivity contribution in [3.63, 3.8) is 0 Å². The molecule has 0 saturated carbocycles. The molecule has 2 aromatic carbocycles. The summed E-state index contributed by atoms with van der Waals surface area (Å²) in [7, 11) is 0. The van der Waals surface area contributed by atoms with Gasteiger partial charge in [0.2, 0.25) is 0 Å². The maximum atomic E-state index is 10.4. The summed E-state index contributed by atoms with van der Waals surface area (Å²) in [6.45, 7) is 1.73. The van der Waals surface area contributed by atoms with Gasteiger partial charge in [-0.25, -0.2) is 4.68 Å². The van der Waals surface area contributed by atoms with Gasteiger partial charge < -0.3 is 5.11 Å². The highest BCUT2D eigenvalue weighted by atomic mass is 35.5. The fourth-order valence-corrected chi connectivity index (χ4v) is 2.83. The van der Waals surface area contributed by atoms with Crippen LogP contribution in [0.25, 0.3) is 16.9 Å². The van der Waals surface area contributed by atoms with E-state index in [1.54, 1.807) is 41.9 Å². The zero-order chi connectivity index (χ0) is 15.9. The summed E-state index contributed by atoms with van der Waals surface area (Å²) < 4.78 is 1.60. The largest absolute Gasteiger partial charge is 0.504 e. The highest BCUT2D eigenvalue weighted by Crippen LogP contribution is 2.36. The third-order valence-corrected chi connectivity index (χ3v) is 4.07. The lowest BCUT2D eigenvalue weighted by Gasteiger charge is -2.10. The Kier molecular flexibility index (Phi) is 4.04. The van der Waals surface area contributed by atoms with Crippen LogP contribution in [0.1, 0.15) is 5.69 Å². The lowest BCUT2D eigenvalue weighted by atomic mass is 10.1. The molecule has 3 aromatic rings. The number of nitrogens with zero attached hydrogens (tertiary/aromatic N) is 2. The summed E-state index contributed by atoms with van der Waals surface area (Å²) >= 11 is 18.1. The minimum atomic E-state index is 0.105. The number of aryl methyl sites for hydroxylation is 1. The van der Waals surface area contributed by atoms with E-state index in [2.05, 4.69) is 5.10 Å². The van der Waals surface area contributed by atoms with Gasteiger partial charge >= 0.3 is 0 Å². The third kappa shape index (κ3) is 2.68. The molecule has 0 fully saturated rings. The summed E-state index contributed by atoms with van der Waals surface area (Å²) in [5.74, 6) is 0.105. The molecule has 0 aliphatic heterocycles. The second-order valence-electron chi connectivity index (χ2n) is 4.80. The van der Waals surface area contributed by atoms with Gasteiger partial charge in [0.15, 0.2) is 5.75 Å². The molecular weight excluding hydrogens is 343 g/mol. The van der Waals surface area contributed by atoms with Gasteiger partial charge in [0, 0.05) is 15.6 Å². The van der Waals surface area contributed by atoms with Gasteiger partial charge in [-0.3, -0.25) is 0 Å². The Bertz CT molecular complexity index is 841. The normalized spacial score (nSPS) is 10.9. The van der Waals surface area contributed by atoms with Crippen molar-refractivity contribution in [2.45, 2.75) is 6.92 Å². The van der Waals surface area contributed by atoms with Gasteiger partial charge in [-0.2, -0.15) is 5.10 Å². The molecule has 0 bridgehead atoms. The summed E-state index contributed by atoms with van der Waals surface area (Å²) in [5, 5.41) is 16.3. The van der Waals surface area contributed by atoms with E-state index in [9.17, 15) is 5.11 Å². The summed E-state index contributed by atoms with van der Waals surface area (Å²) in [6, 6.07) is 12.3. The van der Waals surface area contributed by atoms with Crippen molar-refractivity contribution in [2.24, 2.45) is 0 Å². The molecule has 0 radical (unpaired) electrons. The van der Waals surface area contributed by atoms with E-state index in [4.69, 9.17) is 34.8 Å². The lowest BCUT2D eigenvalue weighted by Crippen LogP contribution is -2.00. The monoisotopic (exact) mass is 352 g/mol. The van der Waals surface area contributed by atoms with E-state index in [0.717, 1.165) is 5.56 Å². The van der Waals surface area contributed by atoms with Crippen LogP contribution in [0.3, 0.4) is 0 Å². The van der Waals surface area contributed by atoms with E-state index in [-0.39, 0.29) is 5.75 Å². The fraction of sp³-hybridized carbons (Fsp3) is 0.0625. The van der Waals surface area contributed by atoms with Gasteiger partial charge in [-0.1, -0.05) is 46.9 Å². The van der Waals surface area contributed by atoms with Crippen LogP contribution in [0.2, 0.25) is 15.1 Å². The van der Waals surface area contributed by atoms with Crippen molar-refractivity contribution >= 4 is 34.8 Å². The zero-order valence-corrected chi connectivity index (χ0v) is 13.8. The average Bonchev–Trinajstić information content (AvgIpc) is 2.76. The van der Waals surface area contributed by atoms with Crippen LogP contribution in [0.5, 0.6) is 5.75 Å². The van der Waals surface area contributed by atoms with E-state index in [1.165, 1.54) is 0 Å². The second-order valence-corrected chi connectivity index (χ2v) is 6.08. The van der Waals surface area contributed by atoms with E-state index in [0.29, 0.717) is 32.1 Å². The molecule has 0 aliphatic rings. The van der Waals surface area contributed by atoms with Crippen LogP contribution in [0, 0.1) is 6.92 Å². The topological polar surface area (TPSA) is 38.0 Å². The van der Waals surface area contributed by atoms with Crippen LogP contribution in [-0.4, -0.2) is 14.9 Å². The molecule has 22 heavy (non-hydrogen) atoms. The Labute approximate surface area is 142 Å². The van der Waals surface area contributed by atoms with E-state index < -0.39 is 0 Å². The van der Waals surface area contributed by atoms with Gasteiger partial charge in [0.1, 0.15) is 11.4 Å². The Balaban J connectivity index is 2.25. The fourth-order valence-electron chi connectivity index (χ4n) is 2.21. The van der Waals surface area contributed by atoms with Crippen molar-refractivity contribution in [1.29, 1.82) is 0 Å². The number of benzene rings is 2. The summed E-state index contributed by atoms with van der Waals surface area (Å²) in [6.07, 6.45) is 0. The van der Waals surface area contributed by atoms with Gasteiger partial charge in [0.05, 0.1) is 10.7 Å². The molecule has 0 atom stereocenters. The molecule has 0 spiro atoms. The van der Waals surface area contributed by atoms with Crippen molar-refractivity contribution in [2.75, 3.05) is 0 Å².